The Morgan fingerprint density at radius 2 is 1.85 bits per heavy atom. The van der Waals surface area contributed by atoms with E-state index in [4.69, 9.17) is 0 Å². The molecule has 0 amide bonds. The summed E-state index contributed by atoms with van der Waals surface area (Å²) in [6.45, 7) is 7.61. The normalized spacial score (nSPS) is 11.5. The summed E-state index contributed by atoms with van der Waals surface area (Å²) >= 11 is 0. The van der Waals surface area contributed by atoms with Crippen molar-refractivity contribution in [1.29, 1.82) is 0 Å². The van der Waals surface area contributed by atoms with Crippen LogP contribution in [0, 0.1) is 0 Å². The molecule has 0 fully saturated rings. The highest BCUT2D eigenvalue weighted by atomic mass is 19.4. The molecule has 1 rings (SSSR count). The average Bonchev–Trinajstić information content (AvgIpc) is 2.41. The minimum absolute atomic E-state index is 0.0335. The highest BCUT2D eigenvalue weighted by Gasteiger charge is 2.34. The highest BCUT2D eigenvalue weighted by Crippen LogP contribution is 2.30. The molecule has 0 aliphatic rings. The van der Waals surface area contributed by atoms with Crippen molar-refractivity contribution in [1.82, 2.24) is 9.97 Å². The van der Waals surface area contributed by atoms with Crippen LogP contribution in [0.3, 0.4) is 0 Å². The summed E-state index contributed by atoms with van der Waals surface area (Å²) in [5.74, 6) is 0.349. The molecule has 0 atom stereocenters. The number of nitrogens with zero attached hydrogens (tertiary/aromatic N) is 3. The van der Waals surface area contributed by atoms with Gasteiger partial charge in [-0.1, -0.05) is 13.8 Å². The van der Waals surface area contributed by atoms with Crippen molar-refractivity contribution in [2.75, 3.05) is 29.9 Å². The summed E-state index contributed by atoms with van der Waals surface area (Å²) in [6, 6.07) is 1.01. The van der Waals surface area contributed by atoms with Crippen LogP contribution >= 0.6 is 0 Å². The monoisotopic (exact) mass is 290 g/mol. The maximum Gasteiger partial charge on any atom is 0.433 e. The Hall–Kier alpha value is -1.53. The van der Waals surface area contributed by atoms with Crippen molar-refractivity contribution in [3.8, 4) is 0 Å². The highest BCUT2D eigenvalue weighted by molar-refractivity contribution is 5.45. The van der Waals surface area contributed by atoms with Gasteiger partial charge in [-0.05, 0) is 19.8 Å². The Kier molecular flexibility index (Phi) is 6.04. The van der Waals surface area contributed by atoms with Crippen molar-refractivity contribution < 1.29 is 13.2 Å². The van der Waals surface area contributed by atoms with Gasteiger partial charge in [-0.25, -0.2) is 4.98 Å². The number of halogens is 3. The first-order valence-corrected chi connectivity index (χ1v) is 6.87. The van der Waals surface area contributed by atoms with Gasteiger partial charge in [0.1, 0.15) is 5.82 Å². The Morgan fingerprint density at radius 3 is 2.35 bits per heavy atom. The molecule has 0 radical (unpaired) electrons. The van der Waals surface area contributed by atoms with Gasteiger partial charge in [-0.3, -0.25) is 0 Å². The zero-order valence-corrected chi connectivity index (χ0v) is 12.1. The van der Waals surface area contributed by atoms with Crippen molar-refractivity contribution in [3.63, 3.8) is 0 Å². The second kappa shape index (κ2) is 7.31. The van der Waals surface area contributed by atoms with Gasteiger partial charge in [0.15, 0.2) is 5.69 Å². The maximum absolute atomic E-state index is 12.9. The second-order valence-electron chi connectivity index (χ2n) is 4.44. The molecule has 0 bridgehead atoms. The third kappa shape index (κ3) is 4.54. The van der Waals surface area contributed by atoms with Gasteiger partial charge < -0.3 is 10.2 Å². The van der Waals surface area contributed by atoms with Gasteiger partial charge in [-0.2, -0.15) is 18.2 Å². The van der Waals surface area contributed by atoms with E-state index in [1.54, 1.807) is 0 Å². The van der Waals surface area contributed by atoms with Gasteiger partial charge >= 0.3 is 6.18 Å². The zero-order chi connectivity index (χ0) is 15.2. The van der Waals surface area contributed by atoms with Crippen molar-refractivity contribution in [2.45, 2.75) is 39.8 Å². The maximum atomic E-state index is 12.9. The summed E-state index contributed by atoms with van der Waals surface area (Å²) in [5, 5.41) is 2.82. The van der Waals surface area contributed by atoms with Gasteiger partial charge in [-0.15, -0.1) is 0 Å². The smallest absolute Gasteiger partial charge is 0.357 e. The number of alkyl halides is 3. The molecule has 7 heteroatoms. The molecule has 114 valence electrons. The van der Waals surface area contributed by atoms with E-state index in [-0.39, 0.29) is 5.95 Å². The van der Waals surface area contributed by atoms with E-state index in [1.165, 1.54) is 0 Å². The van der Waals surface area contributed by atoms with Crippen LogP contribution in [-0.2, 0) is 6.18 Å². The molecule has 20 heavy (non-hydrogen) atoms. The lowest BCUT2D eigenvalue weighted by Crippen LogP contribution is -2.26. The molecule has 1 aromatic rings. The van der Waals surface area contributed by atoms with E-state index in [9.17, 15) is 13.2 Å². The molecule has 0 spiro atoms. The van der Waals surface area contributed by atoms with Crippen LogP contribution in [0.1, 0.15) is 39.3 Å². The summed E-state index contributed by atoms with van der Waals surface area (Å²) in [6.07, 6.45) is -2.83. The number of anilines is 2. The Labute approximate surface area is 117 Å². The van der Waals surface area contributed by atoms with E-state index in [2.05, 4.69) is 15.3 Å². The van der Waals surface area contributed by atoms with Crippen LogP contribution in [0.5, 0.6) is 0 Å². The van der Waals surface area contributed by atoms with Gasteiger partial charge in [0.25, 0.3) is 0 Å². The Bertz CT molecular complexity index is 421. The first kappa shape index (κ1) is 16.5. The summed E-state index contributed by atoms with van der Waals surface area (Å²) in [5.41, 5.74) is -0.907. The first-order chi connectivity index (χ1) is 9.42. The SMILES string of the molecule is CCCNc1nc(N(CC)CCC)cc(C(F)(F)F)n1. The van der Waals surface area contributed by atoms with Crippen LogP contribution in [-0.4, -0.2) is 29.6 Å². The van der Waals surface area contributed by atoms with Crippen LogP contribution in [0.15, 0.2) is 6.07 Å². The lowest BCUT2D eigenvalue weighted by atomic mass is 10.3. The van der Waals surface area contributed by atoms with E-state index in [0.29, 0.717) is 25.5 Å². The number of hydrogen-bond acceptors (Lipinski definition) is 4. The zero-order valence-electron chi connectivity index (χ0n) is 12.1. The minimum Gasteiger partial charge on any atom is -0.357 e. The fraction of sp³-hybridized carbons (Fsp3) is 0.692. The molecule has 0 aliphatic heterocycles. The van der Waals surface area contributed by atoms with Crippen LogP contribution in [0.25, 0.3) is 0 Å². The van der Waals surface area contributed by atoms with E-state index >= 15 is 0 Å². The minimum atomic E-state index is -4.47. The summed E-state index contributed by atoms with van der Waals surface area (Å²) in [4.78, 5) is 9.54. The molecule has 4 nitrogen and oxygen atoms in total. The average molecular weight is 290 g/mol. The van der Waals surface area contributed by atoms with Crippen molar-refractivity contribution in [3.05, 3.63) is 11.8 Å². The first-order valence-electron chi connectivity index (χ1n) is 6.87. The number of hydrogen-bond donors (Lipinski definition) is 1. The molecular formula is C13H21F3N4. The largest absolute Gasteiger partial charge is 0.433 e. The number of nitrogens with one attached hydrogen (secondary N) is 1. The number of rotatable bonds is 7. The van der Waals surface area contributed by atoms with Gasteiger partial charge in [0.05, 0.1) is 0 Å². The quantitative estimate of drug-likeness (QED) is 0.833. The molecule has 1 aromatic heterocycles. The van der Waals surface area contributed by atoms with Gasteiger partial charge in [0, 0.05) is 25.7 Å². The van der Waals surface area contributed by atoms with E-state index in [1.807, 2.05) is 25.7 Å². The topological polar surface area (TPSA) is 41.1 Å². The lowest BCUT2D eigenvalue weighted by molar-refractivity contribution is -0.141. The molecule has 0 unspecified atom stereocenters. The predicted molar refractivity (Wildman–Crippen MR) is 74.0 cm³/mol. The molecule has 0 aromatic carbocycles. The van der Waals surface area contributed by atoms with Crippen molar-refractivity contribution >= 4 is 11.8 Å². The van der Waals surface area contributed by atoms with Crippen LogP contribution < -0.4 is 10.2 Å². The molecule has 0 aliphatic carbocycles. The fourth-order valence-electron chi connectivity index (χ4n) is 1.76. The van der Waals surface area contributed by atoms with E-state index < -0.39 is 11.9 Å². The molecule has 0 saturated heterocycles. The molecule has 1 N–H and O–H groups in total. The number of aromatic nitrogens is 2. The molecule has 1 heterocycles. The second-order valence-corrected chi connectivity index (χ2v) is 4.44. The fourth-order valence-corrected chi connectivity index (χ4v) is 1.76. The lowest BCUT2D eigenvalue weighted by Gasteiger charge is -2.22. The standard InChI is InChI=1S/C13H21F3N4/c1-4-7-17-12-18-10(13(14,15)16)9-11(19-12)20(6-3)8-5-2/h9H,4-8H2,1-3H3,(H,17,18,19). The summed E-state index contributed by atoms with van der Waals surface area (Å²) in [7, 11) is 0. The third-order valence-electron chi connectivity index (χ3n) is 2.74. The molecular weight excluding hydrogens is 269 g/mol. The van der Waals surface area contributed by atoms with Gasteiger partial charge in [0.2, 0.25) is 5.95 Å². The van der Waals surface area contributed by atoms with Crippen LogP contribution in [0.2, 0.25) is 0 Å². The molecule has 0 saturated carbocycles. The Morgan fingerprint density at radius 1 is 1.15 bits per heavy atom. The third-order valence-corrected chi connectivity index (χ3v) is 2.74. The summed E-state index contributed by atoms with van der Waals surface area (Å²) < 4.78 is 38.7. The van der Waals surface area contributed by atoms with Crippen LogP contribution in [0.4, 0.5) is 24.9 Å². The predicted octanol–water partition coefficient (Wildman–Crippen LogP) is 3.55. The van der Waals surface area contributed by atoms with E-state index in [0.717, 1.165) is 18.9 Å². The van der Waals surface area contributed by atoms with Crippen molar-refractivity contribution in [2.24, 2.45) is 0 Å². The Balaban J connectivity index is 3.14.